The molecule has 0 bridgehead atoms. The Morgan fingerprint density at radius 3 is 2.44 bits per heavy atom. The maximum Gasteiger partial charge on any atom is 0.411 e. The van der Waals surface area contributed by atoms with Crippen molar-refractivity contribution in [1.29, 1.82) is 0 Å². The summed E-state index contributed by atoms with van der Waals surface area (Å²) < 4.78 is 17.1. The zero-order valence-electron chi connectivity index (χ0n) is 15.0. The molecule has 0 aromatic heterocycles. The molecule has 0 unspecified atom stereocenters. The van der Waals surface area contributed by atoms with E-state index in [0.717, 1.165) is 10.0 Å². The minimum absolute atomic E-state index is 0.250. The minimum Gasteiger partial charge on any atom is -0.467 e. The zero-order chi connectivity index (χ0) is 18.6. The van der Waals surface area contributed by atoms with Gasteiger partial charge < -0.3 is 14.2 Å². The third-order valence-electron chi connectivity index (χ3n) is 3.76. The first kappa shape index (κ1) is 19.7. The largest absolute Gasteiger partial charge is 0.467 e. The number of ether oxygens (including phenoxy) is 3. The van der Waals surface area contributed by atoms with Crippen molar-refractivity contribution in [2.75, 3.05) is 13.7 Å². The van der Waals surface area contributed by atoms with E-state index in [1.54, 1.807) is 20.8 Å². The maximum atomic E-state index is 12.4. The van der Waals surface area contributed by atoms with E-state index in [1.807, 2.05) is 24.3 Å². The number of nitrogens with zero attached hydrogens (tertiary/aromatic N) is 1. The van der Waals surface area contributed by atoms with Crippen LogP contribution in [0.3, 0.4) is 0 Å². The van der Waals surface area contributed by atoms with E-state index < -0.39 is 23.7 Å². The van der Waals surface area contributed by atoms with Crippen LogP contribution in [0, 0.1) is 0 Å². The maximum absolute atomic E-state index is 12.4. The Balaban J connectivity index is 2.00. The molecule has 1 aromatic rings. The summed E-state index contributed by atoms with van der Waals surface area (Å²) in [7, 11) is 1.31. The number of hydrogen-bond donors (Lipinski definition) is 0. The first-order chi connectivity index (χ1) is 11.7. The lowest BCUT2D eigenvalue weighted by atomic mass is 10.2. The molecule has 0 saturated carbocycles. The molecular formula is C18H24BrNO5. The fourth-order valence-electron chi connectivity index (χ4n) is 2.59. The number of carbonyl (C=O) groups is 2. The standard InChI is InChI=1S/C18H24BrNO5/c1-18(2,3)25-17(22)20-10-14(9-15(20)16(21)23-4)24-11-12-5-7-13(19)8-6-12/h5-8,14-15H,9-11H2,1-4H3/t14-,15-/m0/s1. The first-order valence-electron chi connectivity index (χ1n) is 8.13. The lowest BCUT2D eigenvalue weighted by Crippen LogP contribution is -2.44. The second-order valence-electron chi connectivity index (χ2n) is 6.97. The van der Waals surface area contributed by atoms with Gasteiger partial charge in [-0.3, -0.25) is 4.90 Å². The van der Waals surface area contributed by atoms with E-state index in [9.17, 15) is 9.59 Å². The topological polar surface area (TPSA) is 65.1 Å². The molecule has 0 N–H and O–H groups in total. The Kier molecular flexibility index (Phi) is 6.46. The highest BCUT2D eigenvalue weighted by Crippen LogP contribution is 2.25. The Hall–Kier alpha value is -1.60. The van der Waals surface area contributed by atoms with Gasteiger partial charge in [-0.25, -0.2) is 9.59 Å². The van der Waals surface area contributed by atoms with Crippen molar-refractivity contribution in [3.8, 4) is 0 Å². The lowest BCUT2D eigenvalue weighted by Gasteiger charge is -2.27. The van der Waals surface area contributed by atoms with Crippen molar-refractivity contribution >= 4 is 28.0 Å². The number of methoxy groups -OCH3 is 1. The minimum atomic E-state index is -0.685. The fraction of sp³-hybridized carbons (Fsp3) is 0.556. The van der Waals surface area contributed by atoms with Gasteiger partial charge >= 0.3 is 12.1 Å². The van der Waals surface area contributed by atoms with E-state index in [-0.39, 0.29) is 6.10 Å². The summed E-state index contributed by atoms with van der Waals surface area (Å²) in [5.41, 5.74) is 0.391. The Labute approximate surface area is 156 Å². The highest BCUT2D eigenvalue weighted by atomic mass is 79.9. The van der Waals surface area contributed by atoms with Crippen molar-refractivity contribution in [2.24, 2.45) is 0 Å². The van der Waals surface area contributed by atoms with Gasteiger partial charge in [-0.2, -0.15) is 0 Å². The monoisotopic (exact) mass is 413 g/mol. The first-order valence-corrected chi connectivity index (χ1v) is 8.92. The molecule has 2 atom stereocenters. The highest BCUT2D eigenvalue weighted by molar-refractivity contribution is 9.10. The van der Waals surface area contributed by atoms with Gasteiger partial charge in [0, 0.05) is 10.9 Å². The van der Waals surface area contributed by atoms with E-state index in [2.05, 4.69) is 15.9 Å². The van der Waals surface area contributed by atoms with Crippen LogP contribution in [0.1, 0.15) is 32.8 Å². The number of halogens is 1. The van der Waals surface area contributed by atoms with Crippen LogP contribution in [-0.4, -0.2) is 48.4 Å². The summed E-state index contributed by atoms with van der Waals surface area (Å²) in [6, 6.07) is 7.12. The molecule has 1 fully saturated rings. The number of hydrogen-bond acceptors (Lipinski definition) is 5. The van der Waals surface area contributed by atoms with Gasteiger partial charge in [-0.05, 0) is 38.5 Å². The highest BCUT2D eigenvalue weighted by Gasteiger charge is 2.42. The SMILES string of the molecule is COC(=O)[C@@H]1C[C@H](OCc2ccc(Br)cc2)CN1C(=O)OC(C)(C)C. The van der Waals surface area contributed by atoms with Gasteiger partial charge in [0.2, 0.25) is 0 Å². The molecule has 1 saturated heterocycles. The van der Waals surface area contributed by atoms with Crippen molar-refractivity contribution in [3.63, 3.8) is 0 Å². The normalized spacial score (nSPS) is 20.4. The summed E-state index contributed by atoms with van der Waals surface area (Å²) in [5, 5.41) is 0. The second kappa shape index (κ2) is 8.19. The third kappa shape index (κ3) is 5.71. The molecule has 1 aromatic carbocycles. The van der Waals surface area contributed by atoms with Crippen LogP contribution >= 0.6 is 15.9 Å². The van der Waals surface area contributed by atoms with Crippen molar-refractivity contribution < 1.29 is 23.8 Å². The van der Waals surface area contributed by atoms with Crippen molar-refractivity contribution in [2.45, 2.75) is 51.5 Å². The van der Waals surface area contributed by atoms with Gasteiger partial charge in [0.1, 0.15) is 11.6 Å². The predicted octanol–water partition coefficient (Wildman–Crippen LogP) is 3.52. The number of amides is 1. The lowest BCUT2D eigenvalue weighted by molar-refractivity contribution is -0.145. The van der Waals surface area contributed by atoms with Crippen LogP contribution in [0.5, 0.6) is 0 Å². The van der Waals surface area contributed by atoms with Crippen LogP contribution in [0.15, 0.2) is 28.7 Å². The van der Waals surface area contributed by atoms with E-state index >= 15 is 0 Å². The number of likely N-dealkylation sites (tertiary alicyclic amines) is 1. The molecule has 138 valence electrons. The Morgan fingerprint density at radius 2 is 1.88 bits per heavy atom. The molecular weight excluding hydrogens is 390 g/mol. The number of carbonyl (C=O) groups excluding carboxylic acids is 2. The average Bonchev–Trinajstić information content (AvgIpc) is 2.96. The van der Waals surface area contributed by atoms with Crippen LogP contribution in [0.25, 0.3) is 0 Å². The molecule has 0 spiro atoms. The molecule has 2 rings (SSSR count). The molecule has 1 heterocycles. The molecule has 6 nitrogen and oxygen atoms in total. The molecule has 1 aliphatic rings. The van der Waals surface area contributed by atoms with Gasteiger partial charge in [0.05, 0.1) is 26.4 Å². The second-order valence-corrected chi connectivity index (χ2v) is 7.88. The smallest absolute Gasteiger partial charge is 0.411 e. The van der Waals surface area contributed by atoms with E-state index in [1.165, 1.54) is 12.0 Å². The number of benzene rings is 1. The molecule has 7 heteroatoms. The van der Waals surface area contributed by atoms with Crippen LogP contribution < -0.4 is 0 Å². The van der Waals surface area contributed by atoms with E-state index in [0.29, 0.717) is 19.6 Å². The van der Waals surface area contributed by atoms with Crippen LogP contribution in [-0.2, 0) is 25.6 Å². The Morgan fingerprint density at radius 1 is 1.24 bits per heavy atom. The average molecular weight is 414 g/mol. The summed E-state index contributed by atoms with van der Waals surface area (Å²) in [6.07, 6.45) is -0.388. The molecule has 0 radical (unpaired) electrons. The Bertz CT molecular complexity index is 611. The third-order valence-corrected chi connectivity index (χ3v) is 4.29. The number of rotatable bonds is 4. The summed E-state index contributed by atoms with van der Waals surface area (Å²) in [6.45, 7) is 6.07. The van der Waals surface area contributed by atoms with Crippen molar-refractivity contribution in [1.82, 2.24) is 4.90 Å². The molecule has 1 amide bonds. The van der Waals surface area contributed by atoms with Crippen LogP contribution in [0.2, 0.25) is 0 Å². The van der Waals surface area contributed by atoms with Crippen LogP contribution in [0.4, 0.5) is 4.79 Å². The van der Waals surface area contributed by atoms with Crippen molar-refractivity contribution in [3.05, 3.63) is 34.3 Å². The summed E-state index contributed by atoms with van der Waals surface area (Å²) in [5.74, 6) is -0.458. The predicted molar refractivity (Wildman–Crippen MR) is 96.1 cm³/mol. The van der Waals surface area contributed by atoms with Gasteiger partial charge in [-0.15, -0.1) is 0 Å². The zero-order valence-corrected chi connectivity index (χ0v) is 16.5. The van der Waals surface area contributed by atoms with Gasteiger partial charge in [0.15, 0.2) is 0 Å². The van der Waals surface area contributed by atoms with E-state index in [4.69, 9.17) is 14.2 Å². The fourth-order valence-corrected chi connectivity index (χ4v) is 2.86. The molecule has 0 aliphatic carbocycles. The summed E-state index contributed by atoms with van der Waals surface area (Å²) in [4.78, 5) is 25.8. The quantitative estimate of drug-likeness (QED) is 0.706. The molecule has 1 aliphatic heterocycles. The number of esters is 1. The summed E-state index contributed by atoms with van der Waals surface area (Å²) >= 11 is 3.39. The molecule has 25 heavy (non-hydrogen) atoms. The van der Waals surface area contributed by atoms with Gasteiger partial charge in [-0.1, -0.05) is 28.1 Å². The van der Waals surface area contributed by atoms with Gasteiger partial charge in [0.25, 0.3) is 0 Å².